The van der Waals surface area contributed by atoms with Gasteiger partial charge in [-0.25, -0.2) is 8.42 Å². The van der Waals surface area contributed by atoms with Crippen molar-refractivity contribution in [3.63, 3.8) is 0 Å². The van der Waals surface area contributed by atoms with Crippen LogP contribution in [0.1, 0.15) is 11.6 Å². The van der Waals surface area contributed by atoms with E-state index in [4.69, 9.17) is 0 Å². The average molecular weight is 424 g/mol. The van der Waals surface area contributed by atoms with Crippen LogP contribution >= 0.6 is 12.4 Å². The Balaban J connectivity index is 0.00000261. The molecule has 0 saturated carbocycles. The Kier molecular flexibility index (Phi) is 6.68. The lowest BCUT2D eigenvalue weighted by atomic mass is 10.1. The zero-order valence-electron chi connectivity index (χ0n) is 13.9. The molecule has 1 aliphatic heterocycles. The number of hydrogen-bond acceptors (Lipinski definition) is 5. The summed E-state index contributed by atoms with van der Waals surface area (Å²) in [5.74, 6) is -0.577. The topological polar surface area (TPSA) is 71.5 Å². The third-order valence-corrected chi connectivity index (χ3v) is 5.81. The molecule has 0 amide bonds. The Hall–Kier alpha value is -1.88. The summed E-state index contributed by atoms with van der Waals surface area (Å²) in [4.78, 5) is 3.75. The van der Waals surface area contributed by atoms with Crippen LogP contribution < -0.4 is 10.1 Å². The first-order valence-electron chi connectivity index (χ1n) is 7.76. The summed E-state index contributed by atoms with van der Waals surface area (Å²) in [6.07, 6.45) is -1.74. The average Bonchev–Trinajstić information content (AvgIpc) is 2.61. The number of alkyl halides is 3. The highest BCUT2D eigenvalue weighted by molar-refractivity contribution is 7.89. The molecule has 1 aromatic carbocycles. The molecule has 2 aromatic rings. The van der Waals surface area contributed by atoms with E-state index < -0.39 is 28.2 Å². The lowest BCUT2D eigenvalue weighted by Gasteiger charge is -2.35. The van der Waals surface area contributed by atoms with Gasteiger partial charge in [0.25, 0.3) is 0 Å². The molecule has 27 heavy (non-hydrogen) atoms. The first-order chi connectivity index (χ1) is 12.3. The van der Waals surface area contributed by atoms with Gasteiger partial charge < -0.3 is 10.1 Å². The van der Waals surface area contributed by atoms with Crippen LogP contribution in [-0.4, -0.2) is 43.7 Å². The second kappa shape index (κ2) is 8.42. The Morgan fingerprint density at radius 2 is 2.00 bits per heavy atom. The Bertz CT molecular complexity index is 866. The van der Waals surface area contributed by atoms with E-state index in [0.717, 1.165) is 12.1 Å². The van der Waals surface area contributed by atoms with Gasteiger partial charge in [0.05, 0.1) is 10.9 Å². The molecule has 0 bridgehead atoms. The maximum atomic E-state index is 13.0. The molecule has 3 rings (SSSR count). The number of sulfonamides is 1. The third-order valence-electron chi connectivity index (χ3n) is 3.91. The molecule has 0 spiro atoms. The molecule has 1 unspecified atom stereocenters. The molecule has 11 heteroatoms. The Labute approximate surface area is 160 Å². The summed E-state index contributed by atoms with van der Waals surface area (Å²) >= 11 is 0. The number of rotatable bonds is 4. The summed E-state index contributed by atoms with van der Waals surface area (Å²) in [7, 11) is -4.02. The van der Waals surface area contributed by atoms with E-state index in [1.54, 1.807) is 24.5 Å². The highest BCUT2D eigenvalue weighted by atomic mass is 35.5. The standard InChI is InChI=1S/C16H16F3N3O3S.ClH/c17-16(18,19)25-13-4-1-5-14(9-13)26(23,24)22-8-7-21-11-15(22)12-3-2-6-20-10-12;/h1-6,9-10,15,21H,7-8,11H2;1H. The predicted molar refractivity (Wildman–Crippen MR) is 94.1 cm³/mol. The summed E-state index contributed by atoms with van der Waals surface area (Å²) in [5.41, 5.74) is 0.700. The fourth-order valence-corrected chi connectivity index (χ4v) is 4.45. The summed E-state index contributed by atoms with van der Waals surface area (Å²) in [6.45, 7) is 1.00. The SMILES string of the molecule is Cl.O=S(=O)(c1cccc(OC(F)(F)F)c1)N1CCNCC1c1cccnc1. The maximum absolute atomic E-state index is 13.0. The number of aromatic nitrogens is 1. The Morgan fingerprint density at radius 1 is 1.22 bits per heavy atom. The number of ether oxygens (including phenoxy) is 1. The molecule has 1 N–H and O–H groups in total. The number of piperazine rings is 1. The fourth-order valence-electron chi connectivity index (χ4n) is 2.80. The van der Waals surface area contributed by atoms with Gasteiger partial charge in [-0.3, -0.25) is 4.98 Å². The van der Waals surface area contributed by atoms with Crippen molar-refractivity contribution < 1.29 is 26.3 Å². The largest absolute Gasteiger partial charge is 0.573 e. The van der Waals surface area contributed by atoms with Gasteiger partial charge in [-0.15, -0.1) is 25.6 Å². The lowest BCUT2D eigenvalue weighted by molar-refractivity contribution is -0.274. The molecule has 2 heterocycles. The second-order valence-corrected chi connectivity index (χ2v) is 7.54. The van der Waals surface area contributed by atoms with Crippen LogP contribution in [0.3, 0.4) is 0 Å². The summed E-state index contributed by atoms with van der Waals surface area (Å²) in [5, 5.41) is 3.12. The zero-order valence-corrected chi connectivity index (χ0v) is 15.5. The quantitative estimate of drug-likeness (QED) is 0.818. The van der Waals surface area contributed by atoms with E-state index in [2.05, 4.69) is 15.0 Å². The highest BCUT2D eigenvalue weighted by Gasteiger charge is 2.36. The van der Waals surface area contributed by atoms with Crippen molar-refractivity contribution in [1.82, 2.24) is 14.6 Å². The van der Waals surface area contributed by atoms with Crippen molar-refractivity contribution in [3.8, 4) is 5.75 Å². The number of nitrogens with one attached hydrogen (secondary N) is 1. The summed E-state index contributed by atoms with van der Waals surface area (Å²) < 4.78 is 68.4. The van der Waals surface area contributed by atoms with Crippen molar-refractivity contribution in [2.75, 3.05) is 19.6 Å². The smallest absolute Gasteiger partial charge is 0.406 e. The van der Waals surface area contributed by atoms with Gasteiger partial charge in [0.1, 0.15) is 5.75 Å². The van der Waals surface area contributed by atoms with Gasteiger partial charge in [-0.2, -0.15) is 4.31 Å². The minimum absolute atomic E-state index is 0. The van der Waals surface area contributed by atoms with Crippen LogP contribution in [0.2, 0.25) is 0 Å². The number of nitrogens with zero attached hydrogens (tertiary/aromatic N) is 2. The molecule has 0 aliphatic carbocycles. The minimum Gasteiger partial charge on any atom is -0.406 e. The van der Waals surface area contributed by atoms with Crippen LogP contribution in [0.4, 0.5) is 13.2 Å². The third kappa shape index (κ3) is 5.10. The van der Waals surface area contributed by atoms with Gasteiger partial charge in [0, 0.05) is 38.1 Å². The number of benzene rings is 1. The van der Waals surface area contributed by atoms with Crippen LogP contribution in [-0.2, 0) is 10.0 Å². The maximum Gasteiger partial charge on any atom is 0.573 e. The molecule has 1 aromatic heterocycles. The van der Waals surface area contributed by atoms with Gasteiger partial charge in [-0.05, 0) is 23.8 Å². The lowest BCUT2D eigenvalue weighted by Crippen LogP contribution is -2.48. The van der Waals surface area contributed by atoms with E-state index in [9.17, 15) is 21.6 Å². The highest BCUT2D eigenvalue weighted by Crippen LogP contribution is 2.31. The number of halogens is 4. The van der Waals surface area contributed by atoms with Gasteiger partial charge in [0.15, 0.2) is 0 Å². The Morgan fingerprint density at radius 3 is 2.67 bits per heavy atom. The van der Waals surface area contributed by atoms with E-state index in [1.165, 1.54) is 16.4 Å². The minimum atomic E-state index is -4.89. The van der Waals surface area contributed by atoms with Gasteiger partial charge >= 0.3 is 6.36 Å². The van der Waals surface area contributed by atoms with Crippen LogP contribution in [0.15, 0.2) is 53.7 Å². The van der Waals surface area contributed by atoms with Crippen LogP contribution in [0, 0.1) is 0 Å². The molecule has 1 saturated heterocycles. The molecule has 0 radical (unpaired) electrons. The van der Waals surface area contributed by atoms with Gasteiger partial charge in [-0.1, -0.05) is 12.1 Å². The first-order valence-corrected chi connectivity index (χ1v) is 9.20. The van der Waals surface area contributed by atoms with E-state index >= 15 is 0 Å². The van der Waals surface area contributed by atoms with Crippen molar-refractivity contribution >= 4 is 22.4 Å². The normalized spacial score (nSPS) is 18.6. The van der Waals surface area contributed by atoms with E-state index in [0.29, 0.717) is 18.7 Å². The first kappa shape index (κ1) is 21.4. The molecule has 1 fully saturated rings. The molecule has 6 nitrogen and oxygen atoms in total. The number of pyridine rings is 1. The fraction of sp³-hybridized carbons (Fsp3) is 0.312. The van der Waals surface area contributed by atoms with Crippen LogP contribution in [0.25, 0.3) is 0 Å². The second-order valence-electron chi connectivity index (χ2n) is 5.64. The van der Waals surface area contributed by atoms with Crippen molar-refractivity contribution in [3.05, 3.63) is 54.4 Å². The van der Waals surface area contributed by atoms with Crippen molar-refractivity contribution in [2.24, 2.45) is 0 Å². The number of hydrogen-bond donors (Lipinski definition) is 1. The van der Waals surface area contributed by atoms with E-state index in [1.807, 2.05) is 0 Å². The zero-order chi connectivity index (χ0) is 18.8. The molecular formula is C16H17ClF3N3O3S. The summed E-state index contributed by atoms with van der Waals surface area (Å²) in [6, 6.07) is 7.36. The van der Waals surface area contributed by atoms with E-state index in [-0.39, 0.29) is 23.8 Å². The molecule has 1 aliphatic rings. The van der Waals surface area contributed by atoms with Gasteiger partial charge in [0.2, 0.25) is 10.0 Å². The molecule has 1 atom stereocenters. The predicted octanol–water partition coefficient (Wildman–Crippen LogP) is 2.74. The molecule has 148 valence electrons. The van der Waals surface area contributed by atoms with Crippen molar-refractivity contribution in [2.45, 2.75) is 17.3 Å². The molecular weight excluding hydrogens is 407 g/mol. The monoisotopic (exact) mass is 423 g/mol. The van der Waals surface area contributed by atoms with Crippen molar-refractivity contribution in [1.29, 1.82) is 0 Å². The van der Waals surface area contributed by atoms with Crippen LogP contribution in [0.5, 0.6) is 5.75 Å².